The van der Waals surface area contributed by atoms with E-state index in [1.165, 1.54) is 11.6 Å². The van der Waals surface area contributed by atoms with Crippen molar-refractivity contribution in [2.45, 2.75) is 19.5 Å². The van der Waals surface area contributed by atoms with Crippen LogP contribution in [0.4, 0.5) is 4.39 Å². The molecule has 2 rings (SSSR count). The first-order chi connectivity index (χ1) is 9.60. The van der Waals surface area contributed by atoms with Crippen LogP contribution in [0, 0.1) is 5.82 Å². The van der Waals surface area contributed by atoms with Crippen LogP contribution < -0.4 is 10.1 Å². The first kappa shape index (κ1) is 15.0. The summed E-state index contributed by atoms with van der Waals surface area (Å²) >= 11 is 3.21. The highest BCUT2D eigenvalue weighted by molar-refractivity contribution is 9.10. The number of hydrogen-bond donors (Lipinski definition) is 1. The van der Waals surface area contributed by atoms with Gasteiger partial charge in [0, 0.05) is 12.6 Å². The highest BCUT2D eigenvalue weighted by Gasteiger charge is 2.07. The summed E-state index contributed by atoms with van der Waals surface area (Å²) in [5.74, 6) is 0.611. The fourth-order valence-electron chi connectivity index (χ4n) is 1.91. The van der Waals surface area contributed by atoms with Gasteiger partial charge in [-0.3, -0.25) is 0 Å². The molecule has 2 aromatic carbocycles. The van der Waals surface area contributed by atoms with E-state index in [9.17, 15) is 4.39 Å². The van der Waals surface area contributed by atoms with E-state index in [1.807, 2.05) is 24.3 Å². The third-order valence-corrected chi connectivity index (χ3v) is 3.82. The zero-order chi connectivity index (χ0) is 14.5. The summed E-state index contributed by atoms with van der Waals surface area (Å²) in [5.41, 5.74) is 2.23. The van der Waals surface area contributed by atoms with E-state index in [4.69, 9.17) is 4.74 Å². The lowest BCUT2D eigenvalue weighted by molar-refractivity contribution is 0.414. The summed E-state index contributed by atoms with van der Waals surface area (Å²) in [7, 11) is 1.65. The lowest BCUT2D eigenvalue weighted by atomic mass is 10.1. The zero-order valence-electron chi connectivity index (χ0n) is 11.5. The summed E-state index contributed by atoms with van der Waals surface area (Å²) in [6.45, 7) is 2.81. The van der Waals surface area contributed by atoms with Crippen molar-refractivity contribution in [3.8, 4) is 5.75 Å². The van der Waals surface area contributed by atoms with E-state index >= 15 is 0 Å². The van der Waals surface area contributed by atoms with Gasteiger partial charge in [0.15, 0.2) is 0 Å². The van der Waals surface area contributed by atoms with Gasteiger partial charge in [-0.15, -0.1) is 0 Å². The molecule has 106 valence electrons. The summed E-state index contributed by atoms with van der Waals surface area (Å²) < 4.78 is 18.8. The average molecular weight is 338 g/mol. The molecule has 0 heterocycles. The lowest BCUT2D eigenvalue weighted by Crippen LogP contribution is -2.18. The molecule has 0 saturated heterocycles. The smallest absolute Gasteiger partial charge is 0.137 e. The monoisotopic (exact) mass is 337 g/mol. The van der Waals surface area contributed by atoms with Gasteiger partial charge in [-0.25, -0.2) is 4.39 Å². The van der Waals surface area contributed by atoms with Gasteiger partial charge in [0.05, 0.1) is 11.6 Å². The van der Waals surface area contributed by atoms with E-state index in [0.29, 0.717) is 4.47 Å². The van der Waals surface area contributed by atoms with Gasteiger partial charge in [-0.1, -0.05) is 18.2 Å². The van der Waals surface area contributed by atoms with Gasteiger partial charge in [-0.2, -0.15) is 0 Å². The highest BCUT2D eigenvalue weighted by Crippen LogP contribution is 2.21. The van der Waals surface area contributed by atoms with Crippen molar-refractivity contribution in [2.24, 2.45) is 0 Å². The van der Waals surface area contributed by atoms with Gasteiger partial charge >= 0.3 is 0 Å². The molecule has 2 nitrogen and oxygen atoms in total. The van der Waals surface area contributed by atoms with Crippen molar-refractivity contribution in [1.29, 1.82) is 0 Å². The van der Waals surface area contributed by atoms with Gasteiger partial charge < -0.3 is 10.1 Å². The number of methoxy groups -OCH3 is 1. The predicted octanol–water partition coefficient (Wildman–Crippen LogP) is 4.45. The first-order valence-corrected chi connectivity index (χ1v) is 7.20. The Morgan fingerprint density at radius 2 is 1.90 bits per heavy atom. The van der Waals surface area contributed by atoms with E-state index in [2.05, 4.69) is 28.2 Å². The molecule has 1 unspecified atom stereocenters. The van der Waals surface area contributed by atoms with Crippen molar-refractivity contribution < 1.29 is 9.13 Å². The third-order valence-electron chi connectivity index (χ3n) is 3.22. The maximum Gasteiger partial charge on any atom is 0.137 e. The molecule has 4 heteroatoms. The largest absolute Gasteiger partial charge is 0.497 e. The van der Waals surface area contributed by atoms with Crippen molar-refractivity contribution in [2.75, 3.05) is 7.11 Å². The van der Waals surface area contributed by atoms with Crippen molar-refractivity contribution in [3.63, 3.8) is 0 Å². The number of nitrogens with one attached hydrogen (secondary N) is 1. The third kappa shape index (κ3) is 3.81. The minimum Gasteiger partial charge on any atom is -0.497 e. The molecule has 20 heavy (non-hydrogen) atoms. The van der Waals surface area contributed by atoms with Crippen LogP contribution in [0.2, 0.25) is 0 Å². The summed E-state index contributed by atoms with van der Waals surface area (Å²) in [6.07, 6.45) is 0. The van der Waals surface area contributed by atoms with Crippen molar-refractivity contribution in [3.05, 3.63) is 63.9 Å². The Labute approximate surface area is 127 Å². The molecule has 0 aliphatic carbocycles. The van der Waals surface area contributed by atoms with Crippen LogP contribution >= 0.6 is 15.9 Å². The summed E-state index contributed by atoms with van der Waals surface area (Å²) in [4.78, 5) is 0. The van der Waals surface area contributed by atoms with Gasteiger partial charge in [0.25, 0.3) is 0 Å². The second-order valence-corrected chi connectivity index (χ2v) is 5.48. The Hall–Kier alpha value is -1.39. The second-order valence-electron chi connectivity index (χ2n) is 4.62. The van der Waals surface area contributed by atoms with Gasteiger partial charge in [0.2, 0.25) is 0 Å². The van der Waals surface area contributed by atoms with Crippen LogP contribution in [0.1, 0.15) is 24.1 Å². The highest BCUT2D eigenvalue weighted by atomic mass is 79.9. The number of benzene rings is 2. The average Bonchev–Trinajstić information content (AvgIpc) is 2.48. The molecule has 0 amide bonds. The van der Waals surface area contributed by atoms with Crippen LogP contribution in [-0.2, 0) is 6.54 Å². The summed E-state index contributed by atoms with van der Waals surface area (Å²) in [6, 6.07) is 13.2. The molecule has 1 atom stereocenters. The molecule has 0 aliphatic heterocycles. The molecular weight excluding hydrogens is 321 g/mol. The molecular formula is C16H17BrFNO. The normalized spacial score (nSPS) is 12.2. The number of hydrogen-bond acceptors (Lipinski definition) is 2. The summed E-state index contributed by atoms with van der Waals surface area (Å²) in [5, 5.41) is 3.42. The van der Waals surface area contributed by atoms with Gasteiger partial charge in [0.1, 0.15) is 11.6 Å². The molecule has 0 spiro atoms. The van der Waals surface area contributed by atoms with E-state index < -0.39 is 0 Å². The standard InChI is InChI=1S/C16H17BrFNO/c1-11(13-5-8-16(18)15(17)9-13)19-10-12-3-6-14(20-2)7-4-12/h3-9,11,19H,10H2,1-2H3. The van der Waals surface area contributed by atoms with Crippen LogP contribution in [0.5, 0.6) is 5.75 Å². The van der Waals surface area contributed by atoms with E-state index in [1.54, 1.807) is 19.2 Å². The van der Waals surface area contributed by atoms with E-state index in [-0.39, 0.29) is 11.9 Å². The Kier molecular flexibility index (Phi) is 5.15. The Bertz CT molecular complexity index is 571. The topological polar surface area (TPSA) is 21.3 Å². The number of rotatable bonds is 5. The van der Waals surface area contributed by atoms with Crippen LogP contribution in [0.15, 0.2) is 46.9 Å². The Balaban J connectivity index is 1.96. The predicted molar refractivity (Wildman–Crippen MR) is 82.3 cm³/mol. The molecule has 0 fully saturated rings. The molecule has 0 aliphatic rings. The lowest BCUT2D eigenvalue weighted by Gasteiger charge is -2.15. The minimum absolute atomic E-state index is 0.147. The maximum atomic E-state index is 13.2. The van der Waals surface area contributed by atoms with Crippen molar-refractivity contribution >= 4 is 15.9 Å². The zero-order valence-corrected chi connectivity index (χ0v) is 13.1. The molecule has 0 saturated carbocycles. The minimum atomic E-state index is -0.240. The van der Waals surface area contributed by atoms with Crippen LogP contribution in [0.25, 0.3) is 0 Å². The van der Waals surface area contributed by atoms with E-state index in [0.717, 1.165) is 17.9 Å². The number of halogens is 2. The molecule has 0 bridgehead atoms. The molecule has 0 radical (unpaired) electrons. The molecule has 1 N–H and O–H groups in total. The quantitative estimate of drug-likeness (QED) is 0.870. The Morgan fingerprint density at radius 1 is 1.20 bits per heavy atom. The SMILES string of the molecule is COc1ccc(CNC(C)c2ccc(F)c(Br)c2)cc1. The Morgan fingerprint density at radius 3 is 2.50 bits per heavy atom. The van der Waals surface area contributed by atoms with Gasteiger partial charge in [-0.05, 0) is 58.2 Å². The fourth-order valence-corrected chi connectivity index (χ4v) is 2.31. The molecule has 2 aromatic rings. The molecule has 0 aromatic heterocycles. The first-order valence-electron chi connectivity index (χ1n) is 6.41. The fraction of sp³-hybridized carbons (Fsp3) is 0.250. The van der Waals surface area contributed by atoms with Crippen LogP contribution in [-0.4, -0.2) is 7.11 Å². The number of ether oxygens (including phenoxy) is 1. The second kappa shape index (κ2) is 6.86. The maximum absolute atomic E-state index is 13.2. The van der Waals surface area contributed by atoms with Crippen molar-refractivity contribution in [1.82, 2.24) is 5.32 Å². The van der Waals surface area contributed by atoms with Crippen LogP contribution in [0.3, 0.4) is 0 Å².